The molecule has 7 heterocycles. The standard InChI is InChI=1S/C34H21N11O2/c1-3-8-20-18(6-1)16-23(39-20)32-30-26(21-9-5-12-35-21)27(22-11-13-37-40-22)28(24-17-38-44-41-24)29(31-19-7-2-4-10-25(19)47-43-31)33(30)45(42-32)34-36-14-15-46-34/h1-17,35,39H,(H,37,40)(H,38,41,44). The molecule has 0 aliphatic heterocycles. The molecule has 0 aliphatic rings. The fourth-order valence-electron chi connectivity index (χ4n) is 6.52. The number of para-hydroxylation sites is 2. The SMILES string of the molecule is c1c[nH]c(-c2c(-c3cc[nH]n3)c(-c3c[nH]nn3)c(-c3noc4ccccc34)c3c2c(-c2cc4ccccc4[nH]2)nn3-c2ncco2)c1. The van der Waals surface area contributed by atoms with Gasteiger partial charge in [-0.1, -0.05) is 40.7 Å². The summed E-state index contributed by atoms with van der Waals surface area (Å²) in [6, 6.07) is 24.2. The van der Waals surface area contributed by atoms with Gasteiger partial charge in [0, 0.05) is 62.0 Å². The van der Waals surface area contributed by atoms with Crippen LogP contribution >= 0.6 is 0 Å². The third-order valence-corrected chi connectivity index (χ3v) is 8.42. The average molecular weight is 616 g/mol. The highest BCUT2D eigenvalue weighted by Crippen LogP contribution is 2.53. The van der Waals surface area contributed by atoms with Crippen LogP contribution < -0.4 is 0 Å². The van der Waals surface area contributed by atoms with Crippen LogP contribution in [-0.2, 0) is 0 Å². The molecule has 0 amide bonds. The number of oxazole rings is 1. The molecule has 13 heteroatoms. The van der Waals surface area contributed by atoms with Gasteiger partial charge in [0.25, 0.3) is 0 Å². The molecule has 10 aromatic rings. The van der Waals surface area contributed by atoms with Crippen molar-refractivity contribution < 1.29 is 8.94 Å². The molecule has 0 atom stereocenters. The summed E-state index contributed by atoms with van der Waals surface area (Å²) >= 11 is 0. The first-order chi connectivity index (χ1) is 23.3. The molecule has 13 nitrogen and oxygen atoms in total. The van der Waals surface area contributed by atoms with Gasteiger partial charge >= 0.3 is 6.01 Å². The highest BCUT2D eigenvalue weighted by molar-refractivity contribution is 6.21. The molecule has 0 aliphatic carbocycles. The molecule has 10 rings (SSSR count). The number of nitrogens with one attached hydrogen (secondary N) is 4. The minimum atomic E-state index is 0.280. The van der Waals surface area contributed by atoms with Crippen LogP contribution in [0.25, 0.3) is 95.2 Å². The maximum absolute atomic E-state index is 5.94. The monoisotopic (exact) mass is 615 g/mol. The largest absolute Gasteiger partial charge is 0.431 e. The molecule has 224 valence electrons. The van der Waals surface area contributed by atoms with E-state index in [0.29, 0.717) is 39.4 Å². The van der Waals surface area contributed by atoms with E-state index in [9.17, 15) is 0 Å². The molecule has 47 heavy (non-hydrogen) atoms. The number of aromatic amines is 4. The Kier molecular flexibility index (Phi) is 5.25. The Morgan fingerprint density at radius 1 is 0.766 bits per heavy atom. The van der Waals surface area contributed by atoms with Crippen LogP contribution in [0.1, 0.15) is 0 Å². The van der Waals surface area contributed by atoms with Crippen molar-refractivity contribution in [2.45, 2.75) is 0 Å². The molecule has 0 fully saturated rings. The van der Waals surface area contributed by atoms with Crippen LogP contribution in [0.15, 0.2) is 113 Å². The summed E-state index contributed by atoms with van der Waals surface area (Å²) in [5, 5.41) is 31.9. The van der Waals surface area contributed by atoms with Gasteiger partial charge in [0.2, 0.25) is 0 Å². The van der Waals surface area contributed by atoms with E-state index in [1.54, 1.807) is 23.3 Å². The zero-order chi connectivity index (χ0) is 30.9. The maximum Gasteiger partial charge on any atom is 0.323 e. The van der Waals surface area contributed by atoms with Crippen LogP contribution in [-0.4, -0.2) is 55.5 Å². The van der Waals surface area contributed by atoms with Gasteiger partial charge in [-0.25, -0.2) is 4.98 Å². The van der Waals surface area contributed by atoms with Gasteiger partial charge in [-0.15, -0.1) is 5.10 Å². The minimum absolute atomic E-state index is 0.280. The van der Waals surface area contributed by atoms with Crippen molar-refractivity contribution in [3.05, 3.63) is 104 Å². The van der Waals surface area contributed by atoms with Gasteiger partial charge in [0.15, 0.2) is 5.58 Å². The molecule has 0 spiro atoms. The van der Waals surface area contributed by atoms with Crippen LogP contribution in [0.5, 0.6) is 0 Å². The third-order valence-electron chi connectivity index (χ3n) is 8.42. The van der Waals surface area contributed by atoms with E-state index in [0.717, 1.165) is 49.8 Å². The van der Waals surface area contributed by atoms with Gasteiger partial charge < -0.3 is 18.9 Å². The van der Waals surface area contributed by atoms with Gasteiger partial charge in [0.1, 0.15) is 23.3 Å². The number of nitrogens with zero attached hydrogens (tertiary/aromatic N) is 7. The second-order valence-corrected chi connectivity index (χ2v) is 11.0. The third kappa shape index (κ3) is 3.70. The van der Waals surface area contributed by atoms with Crippen molar-refractivity contribution in [1.29, 1.82) is 0 Å². The lowest BCUT2D eigenvalue weighted by molar-refractivity contribution is 0.459. The molecule has 7 aromatic heterocycles. The van der Waals surface area contributed by atoms with Crippen molar-refractivity contribution in [1.82, 2.24) is 55.5 Å². The van der Waals surface area contributed by atoms with Crippen molar-refractivity contribution in [3.63, 3.8) is 0 Å². The Labute approximate surface area is 263 Å². The maximum atomic E-state index is 5.94. The molecule has 4 N–H and O–H groups in total. The van der Waals surface area contributed by atoms with Crippen LogP contribution in [0.3, 0.4) is 0 Å². The van der Waals surface area contributed by atoms with E-state index in [2.05, 4.69) is 52.8 Å². The number of aromatic nitrogens is 11. The number of benzene rings is 3. The number of hydrogen-bond acceptors (Lipinski definition) is 8. The van der Waals surface area contributed by atoms with Gasteiger partial charge in [-0.05, 0) is 42.5 Å². The second kappa shape index (κ2) is 9.74. The number of fused-ring (bicyclic) bond motifs is 3. The second-order valence-electron chi connectivity index (χ2n) is 11.0. The fourth-order valence-corrected chi connectivity index (χ4v) is 6.52. The van der Waals surface area contributed by atoms with Crippen molar-refractivity contribution in [3.8, 4) is 62.4 Å². The van der Waals surface area contributed by atoms with Crippen molar-refractivity contribution in [2.24, 2.45) is 0 Å². The van der Waals surface area contributed by atoms with Crippen LogP contribution in [0, 0.1) is 0 Å². The highest BCUT2D eigenvalue weighted by Gasteiger charge is 2.34. The average Bonchev–Trinajstić information content (AvgIpc) is 3.96. The highest BCUT2D eigenvalue weighted by atomic mass is 16.5. The van der Waals surface area contributed by atoms with Crippen LogP contribution in [0.4, 0.5) is 0 Å². The first kappa shape index (κ1) is 25.3. The Hall–Kier alpha value is -7.02. The zero-order valence-corrected chi connectivity index (χ0v) is 24.3. The Balaban J connectivity index is 1.50. The molecule has 0 bridgehead atoms. The predicted molar refractivity (Wildman–Crippen MR) is 174 cm³/mol. The first-order valence-corrected chi connectivity index (χ1v) is 14.8. The Morgan fingerprint density at radius 2 is 1.68 bits per heavy atom. The summed E-state index contributed by atoms with van der Waals surface area (Å²) in [5.41, 5.74) is 9.55. The summed E-state index contributed by atoms with van der Waals surface area (Å²) in [4.78, 5) is 11.6. The number of rotatable bonds is 6. The van der Waals surface area contributed by atoms with Crippen molar-refractivity contribution in [2.75, 3.05) is 0 Å². The Bertz CT molecular complexity index is 2640. The van der Waals surface area contributed by atoms with Gasteiger partial charge in [-0.2, -0.15) is 14.9 Å². The lowest BCUT2D eigenvalue weighted by atomic mass is 9.84. The van der Waals surface area contributed by atoms with E-state index in [4.69, 9.17) is 19.1 Å². The lowest BCUT2D eigenvalue weighted by Gasteiger charge is -2.18. The quantitative estimate of drug-likeness (QED) is 0.153. The van der Waals surface area contributed by atoms with Crippen molar-refractivity contribution >= 4 is 32.8 Å². The lowest BCUT2D eigenvalue weighted by Crippen LogP contribution is -2.02. The first-order valence-electron chi connectivity index (χ1n) is 14.8. The van der Waals surface area contributed by atoms with Crippen LogP contribution in [0.2, 0.25) is 0 Å². The normalized spacial score (nSPS) is 11.8. The summed E-state index contributed by atoms with van der Waals surface area (Å²) < 4.78 is 13.6. The molecule has 3 aromatic carbocycles. The van der Waals surface area contributed by atoms with E-state index in [-0.39, 0.29) is 6.01 Å². The number of H-pyrrole nitrogens is 4. The van der Waals surface area contributed by atoms with E-state index >= 15 is 0 Å². The summed E-state index contributed by atoms with van der Waals surface area (Å²) in [5.74, 6) is 0. The summed E-state index contributed by atoms with van der Waals surface area (Å²) in [7, 11) is 0. The molecule has 0 saturated carbocycles. The molecular weight excluding hydrogens is 594 g/mol. The summed E-state index contributed by atoms with van der Waals surface area (Å²) in [6.45, 7) is 0. The fraction of sp³-hybridized carbons (Fsp3) is 0. The predicted octanol–water partition coefficient (Wildman–Crippen LogP) is 7.14. The van der Waals surface area contributed by atoms with E-state index in [1.807, 2.05) is 66.9 Å². The number of hydrogen-bond donors (Lipinski definition) is 4. The molecule has 0 saturated heterocycles. The van der Waals surface area contributed by atoms with Gasteiger partial charge in [0.05, 0.1) is 29.3 Å². The smallest absolute Gasteiger partial charge is 0.323 e. The molecule has 0 radical (unpaired) electrons. The van der Waals surface area contributed by atoms with E-state index < -0.39 is 0 Å². The topological polar surface area (TPSA) is 172 Å². The molecule has 0 unspecified atom stereocenters. The zero-order valence-electron chi connectivity index (χ0n) is 24.3. The Morgan fingerprint density at radius 3 is 2.49 bits per heavy atom. The molecular formula is C34H21N11O2. The van der Waals surface area contributed by atoms with E-state index in [1.165, 1.54) is 6.26 Å². The van der Waals surface area contributed by atoms with Gasteiger partial charge in [-0.3, -0.25) is 10.2 Å². The summed E-state index contributed by atoms with van der Waals surface area (Å²) in [6.07, 6.45) is 8.57. The minimum Gasteiger partial charge on any atom is -0.431 e.